The highest BCUT2D eigenvalue weighted by atomic mass is 16.6. The molecule has 142 valence electrons. The van der Waals surface area contributed by atoms with Gasteiger partial charge in [-0.05, 0) is 29.8 Å². The molecule has 0 aromatic heterocycles. The van der Waals surface area contributed by atoms with Crippen molar-refractivity contribution >= 4 is 17.3 Å². The summed E-state index contributed by atoms with van der Waals surface area (Å²) in [5, 5.41) is 20.2. The molecule has 0 aliphatic carbocycles. The van der Waals surface area contributed by atoms with Gasteiger partial charge in [-0.25, -0.2) is 4.79 Å². The number of hydrogen-bond acceptors (Lipinski definition) is 6. The van der Waals surface area contributed by atoms with Crippen molar-refractivity contribution in [1.29, 1.82) is 0 Å². The fraction of sp³-hybridized carbons (Fsp3) is 0.316. The van der Waals surface area contributed by atoms with Gasteiger partial charge in [0, 0.05) is 44.5 Å². The molecular formula is C19H21N3O5. The Morgan fingerprint density at radius 1 is 1.15 bits per heavy atom. The summed E-state index contributed by atoms with van der Waals surface area (Å²) in [6, 6.07) is 12.2. The molecule has 1 aliphatic heterocycles. The zero-order chi connectivity index (χ0) is 19.4. The first kappa shape index (κ1) is 18.7. The molecule has 1 fully saturated rings. The van der Waals surface area contributed by atoms with Gasteiger partial charge in [0.25, 0.3) is 5.69 Å². The summed E-state index contributed by atoms with van der Waals surface area (Å²) in [5.74, 6) is -0.460. The topological polar surface area (TPSA) is 96.1 Å². The fourth-order valence-corrected chi connectivity index (χ4v) is 3.20. The van der Waals surface area contributed by atoms with E-state index >= 15 is 0 Å². The summed E-state index contributed by atoms with van der Waals surface area (Å²) in [5.41, 5.74) is 1.23. The molecule has 0 radical (unpaired) electrons. The van der Waals surface area contributed by atoms with Crippen LogP contribution in [0.3, 0.4) is 0 Å². The monoisotopic (exact) mass is 371 g/mol. The number of carbonyl (C=O) groups is 1. The Morgan fingerprint density at radius 3 is 2.37 bits per heavy atom. The van der Waals surface area contributed by atoms with Gasteiger partial charge in [0.05, 0.1) is 12.0 Å². The van der Waals surface area contributed by atoms with Crippen molar-refractivity contribution in [3.8, 4) is 5.75 Å². The van der Waals surface area contributed by atoms with E-state index in [1.54, 1.807) is 13.2 Å². The van der Waals surface area contributed by atoms with Gasteiger partial charge in [-0.3, -0.25) is 15.0 Å². The van der Waals surface area contributed by atoms with Crippen LogP contribution in [-0.2, 0) is 6.54 Å². The Labute approximate surface area is 156 Å². The summed E-state index contributed by atoms with van der Waals surface area (Å²) >= 11 is 0. The highest BCUT2D eigenvalue weighted by molar-refractivity contribution is 5.93. The molecule has 3 rings (SSSR count). The summed E-state index contributed by atoms with van der Waals surface area (Å²) in [6.07, 6.45) is 0. The van der Waals surface area contributed by atoms with Gasteiger partial charge in [0.2, 0.25) is 0 Å². The van der Waals surface area contributed by atoms with E-state index in [1.165, 1.54) is 17.7 Å². The van der Waals surface area contributed by atoms with Gasteiger partial charge in [0.1, 0.15) is 11.3 Å². The molecule has 1 heterocycles. The molecule has 1 N–H and O–H groups in total. The Balaban J connectivity index is 1.64. The molecular weight excluding hydrogens is 350 g/mol. The van der Waals surface area contributed by atoms with E-state index in [0.717, 1.165) is 38.5 Å². The van der Waals surface area contributed by atoms with Crippen LogP contribution in [0.25, 0.3) is 0 Å². The molecule has 0 spiro atoms. The van der Waals surface area contributed by atoms with Crippen molar-refractivity contribution in [2.45, 2.75) is 6.54 Å². The lowest BCUT2D eigenvalue weighted by molar-refractivity contribution is -0.385. The lowest BCUT2D eigenvalue weighted by Crippen LogP contribution is -2.46. The van der Waals surface area contributed by atoms with E-state index < -0.39 is 10.9 Å². The molecule has 0 saturated carbocycles. The van der Waals surface area contributed by atoms with Crippen molar-refractivity contribution in [3.63, 3.8) is 0 Å². The first-order chi connectivity index (χ1) is 13.0. The number of nitro groups is 1. The Hall–Kier alpha value is -3.13. The molecule has 8 heteroatoms. The van der Waals surface area contributed by atoms with Crippen molar-refractivity contribution in [2.24, 2.45) is 0 Å². The number of benzene rings is 2. The molecule has 2 aromatic carbocycles. The van der Waals surface area contributed by atoms with Gasteiger partial charge in [-0.1, -0.05) is 12.1 Å². The number of nitro benzene ring substituents is 1. The van der Waals surface area contributed by atoms with E-state index in [9.17, 15) is 20.0 Å². The Morgan fingerprint density at radius 2 is 1.81 bits per heavy atom. The molecule has 1 aliphatic rings. The third kappa shape index (κ3) is 4.35. The van der Waals surface area contributed by atoms with Crippen LogP contribution in [0.5, 0.6) is 5.75 Å². The van der Waals surface area contributed by atoms with Gasteiger partial charge < -0.3 is 14.7 Å². The number of ether oxygens (including phenoxy) is 1. The number of aromatic carboxylic acids is 1. The summed E-state index contributed by atoms with van der Waals surface area (Å²) in [7, 11) is 1.64. The van der Waals surface area contributed by atoms with Gasteiger partial charge in [-0.2, -0.15) is 0 Å². The number of piperazine rings is 1. The van der Waals surface area contributed by atoms with Gasteiger partial charge in [-0.15, -0.1) is 0 Å². The predicted octanol–water partition coefficient (Wildman–Crippen LogP) is 2.62. The first-order valence-electron chi connectivity index (χ1n) is 8.60. The Kier molecular flexibility index (Phi) is 5.56. The number of carboxylic acid groups (broad SMARTS) is 1. The van der Waals surface area contributed by atoms with Crippen molar-refractivity contribution in [1.82, 2.24) is 4.90 Å². The summed E-state index contributed by atoms with van der Waals surface area (Å²) < 4.78 is 5.17. The Bertz CT molecular complexity index is 830. The van der Waals surface area contributed by atoms with Gasteiger partial charge in [0.15, 0.2) is 0 Å². The average Bonchev–Trinajstić information content (AvgIpc) is 2.68. The van der Waals surface area contributed by atoms with Crippen molar-refractivity contribution < 1.29 is 19.6 Å². The minimum Gasteiger partial charge on any atom is -0.497 e. The van der Waals surface area contributed by atoms with E-state index in [0.29, 0.717) is 5.69 Å². The van der Waals surface area contributed by atoms with E-state index in [1.807, 2.05) is 24.3 Å². The number of carboxylic acids is 1. The maximum absolute atomic E-state index is 11.3. The van der Waals surface area contributed by atoms with Crippen LogP contribution in [0.1, 0.15) is 15.9 Å². The normalized spacial score (nSPS) is 14.8. The standard InChI is InChI=1S/C19H21N3O5/c1-27-16-5-2-14(3-6-16)13-20-8-10-21(11-9-20)15-4-7-18(22(25)26)17(12-15)19(23)24/h2-7,12H,8-11,13H2,1H3,(H,23,24). The molecule has 27 heavy (non-hydrogen) atoms. The number of nitrogens with zero attached hydrogens (tertiary/aromatic N) is 3. The maximum atomic E-state index is 11.3. The molecule has 2 aromatic rings. The summed E-state index contributed by atoms with van der Waals surface area (Å²) in [4.78, 5) is 26.0. The van der Waals surface area contributed by atoms with E-state index in [-0.39, 0.29) is 11.3 Å². The number of hydrogen-bond donors (Lipinski definition) is 1. The maximum Gasteiger partial charge on any atom is 0.342 e. The molecule has 0 bridgehead atoms. The largest absolute Gasteiger partial charge is 0.497 e. The first-order valence-corrected chi connectivity index (χ1v) is 8.60. The van der Waals surface area contributed by atoms with E-state index in [4.69, 9.17) is 4.74 Å². The number of anilines is 1. The lowest BCUT2D eigenvalue weighted by Gasteiger charge is -2.36. The molecule has 0 atom stereocenters. The van der Waals surface area contributed by atoms with E-state index in [2.05, 4.69) is 9.80 Å². The van der Waals surface area contributed by atoms with Crippen LogP contribution >= 0.6 is 0 Å². The highest BCUT2D eigenvalue weighted by Gasteiger charge is 2.23. The highest BCUT2D eigenvalue weighted by Crippen LogP contribution is 2.26. The third-order valence-electron chi connectivity index (χ3n) is 4.71. The number of methoxy groups -OCH3 is 1. The van der Waals surface area contributed by atoms with Crippen molar-refractivity contribution in [3.05, 3.63) is 63.7 Å². The van der Waals surface area contributed by atoms with Crippen LogP contribution in [0.2, 0.25) is 0 Å². The minimum atomic E-state index is -1.29. The van der Waals surface area contributed by atoms with Crippen LogP contribution in [0, 0.1) is 10.1 Å². The van der Waals surface area contributed by atoms with Crippen LogP contribution < -0.4 is 9.64 Å². The quantitative estimate of drug-likeness (QED) is 0.616. The number of rotatable bonds is 6. The van der Waals surface area contributed by atoms with Gasteiger partial charge >= 0.3 is 5.97 Å². The second kappa shape index (κ2) is 8.05. The zero-order valence-electron chi connectivity index (χ0n) is 15.0. The smallest absolute Gasteiger partial charge is 0.342 e. The minimum absolute atomic E-state index is 0.279. The second-order valence-electron chi connectivity index (χ2n) is 6.37. The average molecular weight is 371 g/mol. The summed E-state index contributed by atoms with van der Waals surface area (Å²) in [6.45, 7) is 3.94. The molecule has 0 amide bonds. The van der Waals surface area contributed by atoms with Crippen LogP contribution in [0.15, 0.2) is 42.5 Å². The third-order valence-corrected chi connectivity index (χ3v) is 4.71. The molecule has 8 nitrogen and oxygen atoms in total. The predicted molar refractivity (Wildman–Crippen MR) is 101 cm³/mol. The van der Waals surface area contributed by atoms with Crippen LogP contribution in [-0.4, -0.2) is 54.2 Å². The SMILES string of the molecule is COc1ccc(CN2CCN(c3ccc([N+](=O)[O-])c(C(=O)O)c3)CC2)cc1. The van der Waals surface area contributed by atoms with Crippen molar-refractivity contribution in [2.75, 3.05) is 38.2 Å². The molecule has 0 unspecified atom stereocenters. The fourth-order valence-electron chi connectivity index (χ4n) is 3.20. The van der Waals surface area contributed by atoms with Crippen LogP contribution in [0.4, 0.5) is 11.4 Å². The molecule has 1 saturated heterocycles. The second-order valence-corrected chi connectivity index (χ2v) is 6.37. The lowest BCUT2D eigenvalue weighted by atomic mass is 10.1. The zero-order valence-corrected chi connectivity index (χ0v) is 15.0.